The average molecular weight is 624 g/mol. The number of aromatic nitrogens is 4. The first-order chi connectivity index (χ1) is 23.5. The molecule has 9 aromatic rings. The zero-order chi connectivity index (χ0) is 31.9. The van der Waals surface area contributed by atoms with Crippen LogP contribution in [-0.2, 0) is 12.0 Å². The molecule has 6 aromatic heterocycles. The first-order valence-corrected chi connectivity index (χ1v) is 17.0. The number of nitrogens with one attached hydrogen (secondary N) is 1. The highest BCUT2D eigenvalue weighted by Crippen LogP contribution is 2.49. The summed E-state index contributed by atoms with van der Waals surface area (Å²) in [5.41, 5.74) is 12.5. The molecule has 3 unspecified atom stereocenters. The van der Waals surface area contributed by atoms with Crippen molar-refractivity contribution in [3.05, 3.63) is 121 Å². The summed E-state index contributed by atoms with van der Waals surface area (Å²) in [6.45, 7) is 7.01. The first kappa shape index (κ1) is 26.4. The summed E-state index contributed by atoms with van der Waals surface area (Å²) in [7, 11) is 0. The second-order valence-electron chi connectivity index (χ2n) is 14.2. The molecule has 0 amide bonds. The van der Waals surface area contributed by atoms with Crippen LogP contribution in [0.15, 0.2) is 108 Å². The number of benzene rings is 3. The minimum Gasteiger partial charge on any atom is -0.460 e. The molecule has 0 saturated carbocycles. The van der Waals surface area contributed by atoms with Gasteiger partial charge in [0.1, 0.15) is 11.3 Å². The van der Waals surface area contributed by atoms with E-state index in [1.54, 1.807) is 0 Å². The van der Waals surface area contributed by atoms with Crippen LogP contribution < -0.4 is 5.32 Å². The van der Waals surface area contributed by atoms with Gasteiger partial charge in [0.15, 0.2) is 0 Å². The summed E-state index contributed by atoms with van der Waals surface area (Å²) in [5.74, 6) is 1.78. The lowest BCUT2D eigenvalue weighted by Gasteiger charge is -2.39. The van der Waals surface area contributed by atoms with E-state index < -0.39 is 0 Å². The van der Waals surface area contributed by atoms with Crippen molar-refractivity contribution in [2.45, 2.75) is 45.1 Å². The molecule has 0 bridgehead atoms. The Bertz CT molecular complexity index is 2870. The van der Waals surface area contributed by atoms with Gasteiger partial charge in [-0.2, -0.15) is 0 Å². The van der Waals surface area contributed by atoms with Crippen LogP contribution in [0.1, 0.15) is 50.0 Å². The summed E-state index contributed by atoms with van der Waals surface area (Å²) in [5, 5.41) is 9.89. The van der Waals surface area contributed by atoms with Gasteiger partial charge in [-0.1, -0.05) is 50.3 Å². The van der Waals surface area contributed by atoms with Gasteiger partial charge in [-0.05, 0) is 85.5 Å². The average Bonchev–Trinajstić information content (AvgIpc) is 3.76. The zero-order valence-electron chi connectivity index (χ0n) is 27.1. The summed E-state index contributed by atoms with van der Waals surface area (Å²) < 4.78 is 11.8. The second-order valence-corrected chi connectivity index (χ2v) is 14.2. The van der Waals surface area contributed by atoms with Gasteiger partial charge in [0.2, 0.25) is 0 Å². The molecule has 0 saturated heterocycles. The number of fused-ring (bicyclic) bond motifs is 9. The first-order valence-electron chi connectivity index (χ1n) is 17.0. The molecule has 2 aliphatic rings. The molecular weight excluding hydrogens is 590 g/mol. The smallest absolute Gasteiger partial charge is 0.137 e. The third-order valence-electron chi connectivity index (χ3n) is 11.7. The third-order valence-corrected chi connectivity index (χ3v) is 11.7. The van der Waals surface area contributed by atoms with E-state index in [9.17, 15) is 0 Å². The second kappa shape index (κ2) is 9.04. The summed E-state index contributed by atoms with van der Waals surface area (Å²) in [6.07, 6.45) is 12.2. The van der Waals surface area contributed by atoms with Crippen LogP contribution in [0.4, 0.5) is 0 Å². The van der Waals surface area contributed by atoms with Crippen LogP contribution in [0.3, 0.4) is 0 Å². The Hall–Kier alpha value is -5.62. The Balaban J connectivity index is 1.40. The van der Waals surface area contributed by atoms with Crippen LogP contribution in [0, 0.1) is 5.92 Å². The molecule has 0 radical (unpaired) electrons. The van der Waals surface area contributed by atoms with E-state index in [-0.39, 0.29) is 11.5 Å². The van der Waals surface area contributed by atoms with E-state index in [1.807, 2.05) is 30.7 Å². The minimum absolute atomic E-state index is 0.171. The molecule has 6 heteroatoms. The normalized spacial score (nSPS) is 20.8. The molecule has 0 spiro atoms. The van der Waals surface area contributed by atoms with E-state index in [0.29, 0.717) is 5.92 Å². The van der Waals surface area contributed by atoms with Crippen molar-refractivity contribution >= 4 is 65.6 Å². The highest BCUT2D eigenvalue weighted by atomic mass is 16.3. The predicted molar refractivity (Wildman–Crippen MR) is 195 cm³/mol. The maximum Gasteiger partial charge on any atom is 0.137 e. The standard InChI is InChI=1S/C42H33N5O/c1-23-19-30-28-12-10-26(42(3)24(2)7-6-17-45-42)21-34(28)46-32-15-18-43-22-35(32)47-33-20-25(31-8-4-5-16-44-31)9-11-27(33)29-13-14-36-37(39(29)47)38(40(30)46)41(23)48-36/h4-6,8-18,20-24,45H,7,19H2,1-3H3. The largest absolute Gasteiger partial charge is 0.460 e. The van der Waals surface area contributed by atoms with Crippen molar-refractivity contribution in [2.75, 3.05) is 0 Å². The molecule has 48 heavy (non-hydrogen) atoms. The van der Waals surface area contributed by atoms with Gasteiger partial charge >= 0.3 is 0 Å². The lowest BCUT2D eigenvalue weighted by Crippen LogP contribution is -2.44. The van der Waals surface area contributed by atoms with Gasteiger partial charge < -0.3 is 18.5 Å². The van der Waals surface area contributed by atoms with Crippen LogP contribution >= 0.6 is 0 Å². The van der Waals surface area contributed by atoms with Crippen molar-refractivity contribution in [1.29, 1.82) is 0 Å². The number of pyridine rings is 2. The maximum absolute atomic E-state index is 6.87. The van der Waals surface area contributed by atoms with Crippen molar-refractivity contribution in [3.8, 4) is 11.3 Å². The number of nitrogens with zero attached hydrogens (tertiary/aromatic N) is 4. The molecule has 3 atom stereocenters. The zero-order valence-corrected chi connectivity index (χ0v) is 27.1. The Kier molecular flexibility index (Phi) is 4.98. The third kappa shape index (κ3) is 3.18. The van der Waals surface area contributed by atoms with Gasteiger partial charge in [0.25, 0.3) is 0 Å². The molecule has 7 heterocycles. The Morgan fingerprint density at radius 1 is 0.812 bits per heavy atom. The summed E-state index contributed by atoms with van der Waals surface area (Å²) in [6, 6.07) is 26.6. The highest BCUT2D eigenvalue weighted by molar-refractivity contribution is 6.27. The van der Waals surface area contributed by atoms with E-state index in [0.717, 1.165) is 52.0 Å². The van der Waals surface area contributed by atoms with Crippen molar-refractivity contribution < 1.29 is 4.42 Å². The van der Waals surface area contributed by atoms with Gasteiger partial charge in [-0.15, -0.1) is 0 Å². The van der Waals surface area contributed by atoms with Crippen LogP contribution in [0.5, 0.6) is 0 Å². The number of furan rings is 1. The number of hydrogen-bond acceptors (Lipinski definition) is 4. The minimum atomic E-state index is -0.171. The number of hydrogen-bond donors (Lipinski definition) is 1. The summed E-state index contributed by atoms with van der Waals surface area (Å²) in [4.78, 5) is 9.46. The molecule has 1 aliphatic heterocycles. The van der Waals surface area contributed by atoms with E-state index >= 15 is 0 Å². The van der Waals surface area contributed by atoms with Gasteiger partial charge in [-0.25, -0.2) is 0 Å². The quantitative estimate of drug-likeness (QED) is 0.208. The van der Waals surface area contributed by atoms with E-state index in [4.69, 9.17) is 14.4 Å². The Morgan fingerprint density at radius 2 is 1.67 bits per heavy atom. The van der Waals surface area contributed by atoms with Gasteiger partial charge in [0.05, 0.1) is 61.3 Å². The molecule has 232 valence electrons. The molecule has 6 nitrogen and oxygen atoms in total. The molecule has 1 aliphatic carbocycles. The number of rotatable bonds is 2. The molecule has 3 aromatic carbocycles. The number of allylic oxidation sites excluding steroid dienone is 1. The topological polar surface area (TPSA) is 59.8 Å². The van der Waals surface area contributed by atoms with Crippen LogP contribution in [0.25, 0.3) is 76.9 Å². The monoisotopic (exact) mass is 623 g/mol. The van der Waals surface area contributed by atoms with Crippen molar-refractivity contribution in [1.82, 2.24) is 24.1 Å². The lowest BCUT2D eigenvalue weighted by atomic mass is 9.77. The lowest BCUT2D eigenvalue weighted by molar-refractivity contribution is 0.266. The fourth-order valence-corrected chi connectivity index (χ4v) is 9.02. The van der Waals surface area contributed by atoms with Gasteiger partial charge in [-0.3, -0.25) is 9.97 Å². The Morgan fingerprint density at radius 3 is 2.54 bits per heavy atom. The molecule has 0 fully saturated rings. The molecular formula is C42H33N5O. The van der Waals surface area contributed by atoms with Crippen molar-refractivity contribution in [2.24, 2.45) is 5.92 Å². The van der Waals surface area contributed by atoms with Crippen molar-refractivity contribution in [3.63, 3.8) is 0 Å². The molecule has 11 rings (SSSR count). The van der Waals surface area contributed by atoms with Crippen LogP contribution in [-0.4, -0.2) is 18.8 Å². The Labute approximate surface area is 276 Å². The maximum atomic E-state index is 6.87. The van der Waals surface area contributed by atoms with E-state index in [2.05, 4.69) is 108 Å². The SMILES string of the molecule is CC1Cc2c3ccc(C4(C)NC=CCC4C)cc3n3c4ccncc4n4c5cc(-c6ccccn6)ccc5c5ccc6oc1c(c6c54)c23. The predicted octanol–water partition coefficient (Wildman–Crippen LogP) is 10.0. The van der Waals surface area contributed by atoms with Gasteiger partial charge in [0, 0.05) is 40.0 Å². The fraction of sp³-hybridized carbons (Fsp3) is 0.190. The fourth-order valence-electron chi connectivity index (χ4n) is 9.02. The summed E-state index contributed by atoms with van der Waals surface area (Å²) >= 11 is 0. The molecule has 1 N–H and O–H groups in total. The highest BCUT2D eigenvalue weighted by Gasteiger charge is 2.35. The van der Waals surface area contributed by atoms with Crippen LogP contribution in [0.2, 0.25) is 0 Å². The van der Waals surface area contributed by atoms with E-state index in [1.165, 1.54) is 54.6 Å².